The molecule has 2 nitrogen and oxygen atoms in total. The fourth-order valence-corrected chi connectivity index (χ4v) is 3.48. The molecule has 1 aromatic rings. The van der Waals surface area contributed by atoms with Gasteiger partial charge in [-0.1, -0.05) is 43.7 Å². The van der Waals surface area contributed by atoms with Gasteiger partial charge in [-0.05, 0) is 50.8 Å². The number of likely N-dealkylation sites (tertiary alicyclic amines) is 1. The van der Waals surface area contributed by atoms with E-state index in [2.05, 4.69) is 47.5 Å². The van der Waals surface area contributed by atoms with E-state index in [0.29, 0.717) is 12.1 Å². The van der Waals surface area contributed by atoms with Crippen LogP contribution in [0.15, 0.2) is 30.3 Å². The quantitative estimate of drug-likeness (QED) is 0.848. The van der Waals surface area contributed by atoms with E-state index in [1.54, 1.807) is 0 Å². The molecule has 110 valence electrons. The summed E-state index contributed by atoms with van der Waals surface area (Å²) in [4.78, 5) is 2.70. The van der Waals surface area contributed by atoms with Gasteiger partial charge in [0.05, 0.1) is 0 Å². The summed E-state index contributed by atoms with van der Waals surface area (Å²) < 4.78 is 0. The summed E-state index contributed by atoms with van der Waals surface area (Å²) in [5.41, 5.74) is 1.46. The van der Waals surface area contributed by atoms with E-state index in [1.165, 1.54) is 57.2 Å². The molecule has 3 rings (SSSR count). The number of hydrogen-bond donors (Lipinski definition) is 1. The molecule has 1 atom stereocenters. The van der Waals surface area contributed by atoms with E-state index in [4.69, 9.17) is 0 Å². The predicted octanol–water partition coefficient (Wildman–Crippen LogP) is 3.74. The van der Waals surface area contributed by atoms with Crippen molar-refractivity contribution in [2.24, 2.45) is 0 Å². The largest absolute Gasteiger partial charge is 0.307 e. The first kappa shape index (κ1) is 14.1. The predicted molar refractivity (Wildman–Crippen MR) is 84.8 cm³/mol. The molecule has 1 N–H and O–H groups in total. The molecule has 0 bridgehead atoms. The Bertz CT molecular complexity index is 391. The third-order valence-electron chi connectivity index (χ3n) is 4.81. The Kier molecular flexibility index (Phi) is 4.74. The topological polar surface area (TPSA) is 15.3 Å². The molecule has 1 saturated heterocycles. The van der Waals surface area contributed by atoms with Crippen molar-refractivity contribution < 1.29 is 0 Å². The molecular weight excluding hydrogens is 244 g/mol. The Balaban J connectivity index is 1.54. The second kappa shape index (κ2) is 6.73. The van der Waals surface area contributed by atoms with Gasteiger partial charge < -0.3 is 10.2 Å². The summed E-state index contributed by atoms with van der Waals surface area (Å²) in [6, 6.07) is 13.2. The summed E-state index contributed by atoms with van der Waals surface area (Å²) >= 11 is 0. The van der Waals surface area contributed by atoms with E-state index < -0.39 is 0 Å². The summed E-state index contributed by atoms with van der Waals surface area (Å²) in [5.74, 6) is 0. The fourth-order valence-electron chi connectivity index (χ4n) is 3.48. The van der Waals surface area contributed by atoms with Crippen LogP contribution < -0.4 is 5.32 Å². The SMILES string of the molecule is CCCC(NC1CCN(C2CC2)CC1)c1ccccc1. The molecule has 2 aliphatic rings. The third kappa shape index (κ3) is 3.62. The summed E-state index contributed by atoms with van der Waals surface area (Å²) in [6.45, 7) is 4.89. The Morgan fingerprint density at radius 2 is 1.80 bits per heavy atom. The highest BCUT2D eigenvalue weighted by Crippen LogP contribution is 2.30. The van der Waals surface area contributed by atoms with Crippen LogP contribution >= 0.6 is 0 Å². The van der Waals surface area contributed by atoms with Gasteiger partial charge in [0.25, 0.3) is 0 Å². The van der Waals surface area contributed by atoms with Crippen molar-refractivity contribution >= 4 is 0 Å². The standard InChI is InChI=1S/C18H28N2/c1-2-6-18(15-7-4-3-5-8-15)19-16-11-13-20(14-12-16)17-9-10-17/h3-5,7-8,16-19H,2,6,9-14H2,1H3. The highest BCUT2D eigenvalue weighted by atomic mass is 15.2. The van der Waals surface area contributed by atoms with Gasteiger partial charge in [-0.2, -0.15) is 0 Å². The van der Waals surface area contributed by atoms with Crippen LogP contribution in [-0.2, 0) is 0 Å². The maximum absolute atomic E-state index is 3.93. The molecule has 2 heteroatoms. The maximum Gasteiger partial charge on any atom is 0.0322 e. The van der Waals surface area contributed by atoms with Crippen LogP contribution in [0.2, 0.25) is 0 Å². The van der Waals surface area contributed by atoms with Crippen LogP contribution in [0.25, 0.3) is 0 Å². The van der Waals surface area contributed by atoms with Crippen molar-refractivity contribution in [3.63, 3.8) is 0 Å². The van der Waals surface area contributed by atoms with Crippen molar-refractivity contribution in [1.29, 1.82) is 0 Å². The van der Waals surface area contributed by atoms with Gasteiger partial charge >= 0.3 is 0 Å². The van der Waals surface area contributed by atoms with E-state index >= 15 is 0 Å². The number of nitrogens with zero attached hydrogens (tertiary/aromatic N) is 1. The summed E-state index contributed by atoms with van der Waals surface area (Å²) in [7, 11) is 0. The first-order valence-electron chi connectivity index (χ1n) is 8.42. The van der Waals surface area contributed by atoms with Crippen LogP contribution in [0.4, 0.5) is 0 Å². The molecule has 0 spiro atoms. The van der Waals surface area contributed by atoms with Crippen LogP contribution in [-0.4, -0.2) is 30.1 Å². The molecule has 1 aliphatic carbocycles. The molecule has 1 unspecified atom stereocenters. The Hall–Kier alpha value is -0.860. The van der Waals surface area contributed by atoms with Gasteiger partial charge in [0, 0.05) is 18.1 Å². The van der Waals surface area contributed by atoms with Gasteiger partial charge in [-0.25, -0.2) is 0 Å². The molecule has 1 aromatic carbocycles. The van der Waals surface area contributed by atoms with Gasteiger partial charge in [0.15, 0.2) is 0 Å². The van der Waals surface area contributed by atoms with Crippen LogP contribution in [0.3, 0.4) is 0 Å². The molecule has 0 amide bonds. The molecule has 1 saturated carbocycles. The number of rotatable bonds is 6. The number of benzene rings is 1. The smallest absolute Gasteiger partial charge is 0.0322 e. The van der Waals surface area contributed by atoms with Crippen molar-refractivity contribution in [3.05, 3.63) is 35.9 Å². The summed E-state index contributed by atoms with van der Waals surface area (Å²) in [5, 5.41) is 3.93. The van der Waals surface area contributed by atoms with Crippen molar-refractivity contribution in [2.45, 2.75) is 63.6 Å². The minimum atomic E-state index is 0.540. The Morgan fingerprint density at radius 3 is 2.40 bits per heavy atom. The maximum atomic E-state index is 3.93. The molecule has 0 radical (unpaired) electrons. The van der Waals surface area contributed by atoms with E-state index in [9.17, 15) is 0 Å². The van der Waals surface area contributed by atoms with E-state index in [0.717, 1.165) is 6.04 Å². The number of piperidine rings is 1. The lowest BCUT2D eigenvalue weighted by atomic mass is 9.98. The van der Waals surface area contributed by atoms with Gasteiger partial charge in [-0.15, -0.1) is 0 Å². The average molecular weight is 272 g/mol. The fraction of sp³-hybridized carbons (Fsp3) is 0.667. The van der Waals surface area contributed by atoms with Gasteiger partial charge in [-0.3, -0.25) is 0 Å². The van der Waals surface area contributed by atoms with Crippen molar-refractivity contribution in [2.75, 3.05) is 13.1 Å². The van der Waals surface area contributed by atoms with Crippen LogP contribution in [0.1, 0.15) is 57.1 Å². The zero-order chi connectivity index (χ0) is 13.8. The van der Waals surface area contributed by atoms with Gasteiger partial charge in [0.1, 0.15) is 0 Å². The number of nitrogens with one attached hydrogen (secondary N) is 1. The highest BCUT2D eigenvalue weighted by Gasteiger charge is 2.32. The number of hydrogen-bond acceptors (Lipinski definition) is 2. The van der Waals surface area contributed by atoms with Crippen LogP contribution in [0.5, 0.6) is 0 Å². The molecule has 1 heterocycles. The molecule has 20 heavy (non-hydrogen) atoms. The second-order valence-corrected chi connectivity index (χ2v) is 6.46. The zero-order valence-corrected chi connectivity index (χ0v) is 12.7. The lowest BCUT2D eigenvalue weighted by Crippen LogP contribution is -2.44. The zero-order valence-electron chi connectivity index (χ0n) is 12.7. The normalized spacial score (nSPS) is 22.9. The van der Waals surface area contributed by atoms with Crippen molar-refractivity contribution in [1.82, 2.24) is 10.2 Å². The molecule has 2 fully saturated rings. The van der Waals surface area contributed by atoms with Crippen LogP contribution in [0, 0.1) is 0 Å². The first-order valence-corrected chi connectivity index (χ1v) is 8.42. The minimum absolute atomic E-state index is 0.540. The lowest BCUT2D eigenvalue weighted by molar-refractivity contribution is 0.181. The van der Waals surface area contributed by atoms with Gasteiger partial charge in [0.2, 0.25) is 0 Å². The first-order chi connectivity index (χ1) is 9.86. The Labute approximate surface area is 123 Å². The third-order valence-corrected chi connectivity index (χ3v) is 4.81. The molecular formula is C18H28N2. The average Bonchev–Trinajstić information content (AvgIpc) is 3.33. The monoisotopic (exact) mass is 272 g/mol. The molecule has 0 aromatic heterocycles. The summed E-state index contributed by atoms with van der Waals surface area (Å²) in [6.07, 6.45) is 8.02. The lowest BCUT2D eigenvalue weighted by Gasteiger charge is -2.35. The highest BCUT2D eigenvalue weighted by molar-refractivity contribution is 5.19. The minimum Gasteiger partial charge on any atom is -0.307 e. The van der Waals surface area contributed by atoms with E-state index in [1.807, 2.05) is 0 Å². The molecule has 1 aliphatic heterocycles. The van der Waals surface area contributed by atoms with Crippen molar-refractivity contribution in [3.8, 4) is 0 Å². The Morgan fingerprint density at radius 1 is 1.10 bits per heavy atom. The van der Waals surface area contributed by atoms with E-state index in [-0.39, 0.29) is 0 Å². The second-order valence-electron chi connectivity index (χ2n) is 6.46.